The number of esters is 1. The van der Waals surface area contributed by atoms with Crippen molar-refractivity contribution in [1.82, 2.24) is 0 Å². The number of carbonyl (C=O) groups excluding carboxylic acids is 1. The van der Waals surface area contributed by atoms with E-state index in [0.717, 1.165) is 0 Å². The van der Waals surface area contributed by atoms with Gasteiger partial charge in [0.2, 0.25) is 0 Å². The van der Waals surface area contributed by atoms with Crippen LogP contribution in [0.2, 0.25) is 0 Å². The van der Waals surface area contributed by atoms with E-state index >= 15 is 0 Å². The summed E-state index contributed by atoms with van der Waals surface area (Å²) in [6.45, 7) is 3.83. The second kappa shape index (κ2) is 5.39. The number of methoxy groups -OCH3 is 1. The Balaban J connectivity index is 2.90. The van der Waals surface area contributed by atoms with E-state index in [2.05, 4.69) is 0 Å². The van der Waals surface area contributed by atoms with Crippen molar-refractivity contribution in [2.45, 2.75) is 13.8 Å². The summed E-state index contributed by atoms with van der Waals surface area (Å²) in [6.07, 6.45) is 1.49. The molecule has 0 radical (unpaired) electrons. The van der Waals surface area contributed by atoms with Crippen LogP contribution in [0.5, 0.6) is 0 Å². The van der Waals surface area contributed by atoms with Crippen LogP contribution in [0, 0.1) is 11.8 Å². The molecule has 0 aromatic heterocycles. The summed E-state index contributed by atoms with van der Waals surface area (Å²) in [5, 5.41) is 9.34. The molecule has 0 saturated carbocycles. The Morgan fingerprint density at radius 3 is 2.73 bits per heavy atom. The molecule has 1 aliphatic heterocycles. The van der Waals surface area contributed by atoms with Crippen LogP contribution in [-0.2, 0) is 12.6 Å². The second-order valence-electron chi connectivity index (χ2n) is 3.49. The Morgan fingerprint density at radius 2 is 2.27 bits per heavy atom. The van der Waals surface area contributed by atoms with E-state index in [1.807, 2.05) is 13.8 Å². The van der Waals surface area contributed by atoms with E-state index in [0.29, 0.717) is 5.76 Å². The Kier molecular flexibility index (Phi) is 4.44. The molecule has 0 saturated heterocycles. The van der Waals surface area contributed by atoms with Crippen molar-refractivity contribution in [3.8, 4) is 0 Å². The minimum absolute atomic E-state index is 0.0820. The van der Waals surface area contributed by atoms with Crippen molar-refractivity contribution in [2.24, 2.45) is 11.8 Å². The van der Waals surface area contributed by atoms with Gasteiger partial charge >= 0.3 is 99.8 Å². The monoisotopic (exact) mass is 325 g/mol. The molecule has 15 heavy (non-hydrogen) atoms. The molecule has 0 aromatic carbocycles. The fraction of sp³-hybridized carbons (Fsp3) is 0.500. The van der Waals surface area contributed by atoms with Crippen molar-refractivity contribution in [1.29, 1.82) is 0 Å². The Hall–Kier alpha value is -0.720. The summed E-state index contributed by atoms with van der Waals surface area (Å²) < 4.78 is 11.8. The van der Waals surface area contributed by atoms with Crippen LogP contribution in [0.3, 0.4) is 0 Å². The molecule has 0 aliphatic carbocycles. The molecule has 0 aromatic rings. The predicted octanol–water partition coefficient (Wildman–Crippen LogP) is -1.25. The van der Waals surface area contributed by atoms with Gasteiger partial charge in [-0.2, -0.15) is 0 Å². The SMILES string of the molecule is COC(=O)C(C1=CC(O)=C[I-]O1)C(C)C. The van der Waals surface area contributed by atoms with E-state index in [1.165, 1.54) is 13.2 Å². The number of aliphatic hydroxyl groups excluding tert-OH is 1. The molecule has 0 spiro atoms. The third kappa shape index (κ3) is 3.12. The molecule has 0 fully saturated rings. The molecular weight excluding hydrogens is 311 g/mol. The number of hydrogen-bond donors (Lipinski definition) is 1. The van der Waals surface area contributed by atoms with Gasteiger partial charge in [0.25, 0.3) is 0 Å². The number of allylic oxidation sites excluding steroid dienone is 1. The van der Waals surface area contributed by atoms with Crippen LogP contribution in [0.25, 0.3) is 0 Å². The number of rotatable bonds is 3. The molecule has 0 bridgehead atoms. The Labute approximate surface area is 99.8 Å². The first-order valence-corrected chi connectivity index (χ1v) is 6.67. The molecule has 1 aliphatic rings. The molecule has 1 unspecified atom stereocenters. The summed E-state index contributed by atoms with van der Waals surface area (Å²) in [5.74, 6) is 0.0300. The number of halogens is 1. The van der Waals surface area contributed by atoms with Crippen LogP contribution in [0.1, 0.15) is 13.8 Å². The van der Waals surface area contributed by atoms with Crippen molar-refractivity contribution in [2.75, 3.05) is 7.11 Å². The van der Waals surface area contributed by atoms with Gasteiger partial charge < -0.3 is 0 Å². The first-order valence-electron chi connectivity index (χ1n) is 4.55. The molecular formula is C10H14IO4-. The molecule has 1 heterocycles. The number of ether oxygens (including phenoxy) is 1. The van der Waals surface area contributed by atoms with E-state index in [1.54, 1.807) is 4.08 Å². The summed E-state index contributed by atoms with van der Waals surface area (Å²) in [6, 6.07) is 0. The van der Waals surface area contributed by atoms with Gasteiger partial charge in [0.05, 0.1) is 0 Å². The van der Waals surface area contributed by atoms with Gasteiger partial charge in [-0.3, -0.25) is 0 Å². The van der Waals surface area contributed by atoms with Crippen LogP contribution in [-0.4, -0.2) is 18.2 Å². The first kappa shape index (κ1) is 12.4. The van der Waals surface area contributed by atoms with Crippen LogP contribution >= 0.6 is 0 Å². The normalized spacial score (nSPS) is 18.1. The third-order valence-electron chi connectivity index (χ3n) is 2.01. The predicted molar refractivity (Wildman–Crippen MR) is 50.2 cm³/mol. The molecule has 5 heteroatoms. The number of carbonyl (C=O) groups is 1. The number of hydrogen-bond acceptors (Lipinski definition) is 4. The molecule has 1 atom stereocenters. The van der Waals surface area contributed by atoms with Gasteiger partial charge in [-0.15, -0.1) is 0 Å². The number of aliphatic hydroxyl groups is 1. The fourth-order valence-electron chi connectivity index (χ4n) is 1.30. The van der Waals surface area contributed by atoms with Crippen molar-refractivity contribution < 1.29 is 39.3 Å². The summed E-state index contributed by atoms with van der Waals surface area (Å²) in [7, 11) is 1.35. The van der Waals surface area contributed by atoms with Gasteiger partial charge in [0.1, 0.15) is 0 Å². The zero-order valence-corrected chi connectivity index (χ0v) is 11.0. The Morgan fingerprint density at radius 1 is 1.60 bits per heavy atom. The van der Waals surface area contributed by atoms with Crippen molar-refractivity contribution in [3.05, 3.63) is 21.7 Å². The topological polar surface area (TPSA) is 55.8 Å². The molecule has 86 valence electrons. The summed E-state index contributed by atoms with van der Waals surface area (Å²) >= 11 is -0.644. The first-order chi connectivity index (χ1) is 7.06. The zero-order valence-electron chi connectivity index (χ0n) is 8.86. The standard InChI is InChI=1S/C10H14IO4/c1-6(2)9(10(13)14-3)8-4-7(12)5-11-15-8/h4-6,9,12H,1-3H3/q-1. The minimum atomic E-state index is -0.644. The molecule has 1 N–H and O–H groups in total. The average Bonchev–Trinajstić information content (AvgIpc) is 2.17. The van der Waals surface area contributed by atoms with Crippen LogP contribution < -0.4 is 21.6 Å². The van der Waals surface area contributed by atoms with Gasteiger partial charge in [-0.05, 0) is 0 Å². The van der Waals surface area contributed by atoms with Crippen LogP contribution in [0.4, 0.5) is 0 Å². The maximum absolute atomic E-state index is 11.5. The summed E-state index contributed by atoms with van der Waals surface area (Å²) in [4.78, 5) is 11.5. The fourth-order valence-corrected chi connectivity index (χ4v) is 2.56. The zero-order chi connectivity index (χ0) is 11.4. The average molecular weight is 325 g/mol. The Bertz CT molecular complexity index is 307. The second-order valence-corrected chi connectivity index (χ2v) is 5.06. The molecule has 0 amide bonds. The van der Waals surface area contributed by atoms with E-state index in [-0.39, 0.29) is 17.6 Å². The van der Waals surface area contributed by atoms with E-state index in [9.17, 15) is 9.90 Å². The molecule has 1 rings (SSSR count). The van der Waals surface area contributed by atoms with Gasteiger partial charge in [0, 0.05) is 0 Å². The van der Waals surface area contributed by atoms with E-state index < -0.39 is 27.5 Å². The summed E-state index contributed by atoms with van der Waals surface area (Å²) in [5.41, 5.74) is 0. The van der Waals surface area contributed by atoms with Gasteiger partial charge in [-0.1, -0.05) is 0 Å². The van der Waals surface area contributed by atoms with E-state index in [4.69, 9.17) is 7.80 Å². The van der Waals surface area contributed by atoms with Gasteiger partial charge in [0.15, 0.2) is 0 Å². The van der Waals surface area contributed by atoms with Crippen LogP contribution in [0.15, 0.2) is 21.7 Å². The quantitative estimate of drug-likeness (QED) is 0.520. The molecule has 4 nitrogen and oxygen atoms in total. The van der Waals surface area contributed by atoms with Crippen molar-refractivity contribution >= 4 is 5.97 Å². The van der Waals surface area contributed by atoms with Gasteiger partial charge in [-0.25, -0.2) is 0 Å². The third-order valence-corrected chi connectivity index (χ3v) is 3.66. The maximum atomic E-state index is 11.5. The van der Waals surface area contributed by atoms with Crippen molar-refractivity contribution in [3.63, 3.8) is 0 Å².